The molecule has 3 heterocycles. The normalized spacial score (nSPS) is 11.5. The third-order valence-corrected chi connectivity index (χ3v) is 6.02. The smallest absolute Gasteiger partial charge is 0.269 e. The molecule has 6 heteroatoms. The molecule has 0 bridgehead atoms. The molecule has 2 aromatic carbocycles. The molecule has 0 aliphatic carbocycles. The lowest BCUT2D eigenvalue weighted by molar-refractivity contribution is -0.384. The fraction of sp³-hybridized carbons (Fsp3) is 0.160. The van der Waals surface area contributed by atoms with E-state index in [1.807, 2.05) is 17.6 Å². The van der Waals surface area contributed by atoms with Gasteiger partial charge in [-0.3, -0.25) is 10.1 Å². The molecule has 0 amide bonds. The zero-order chi connectivity index (χ0) is 21.9. The van der Waals surface area contributed by atoms with Gasteiger partial charge in [0.25, 0.3) is 5.69 Å². The van der Waals surface area contributed by atoms with Crippen LogP contribution in [-0.2, 0) is 0 Å². The van der Waals surface area contributed by atoms with Crippen molar-refractivity contribution in [3.05, 3.63) is 93.6 Å². The SMILES string of the molecule is Cc1ccc(-n2c(C)c3c(C)nn4cc(-c5ccc([N+](=O)[O-])cc5)cc4c3c2C)cc1. The molecule has 0 saturated carbocycles. The number of hydrogen-bond donors (Lipinski definition) is 0. The highest BCUT2D eigenvalue weighted by atomic mass is 16.6. The van der Waals surface area contributed by atoms with Gasteiger partial charge >= 0.3 is 0 Å². The molecule has 0 aliphatic heterocycles. The minimum absolute atomic E-state index is 0.0884. The predicted octanol–water partition coefficient (Wildman–Crippen LogP) is 6.09. The summed E-state index contributed by atoms with van der Waals surface area (Å²) < 4.78 is 4.21. The maximum absolute atomic E-state index is 11.0. The maximum atomic E-state index is 11.0. The Morgan fingerprint density at radius 3 is 2.13 bits per heavy atom. The van der Waals surface area contributed by atoms with Crippen molar-refractivity contribution in [1.82, 2.24) is 14.2 Å². The Labute approximate surface area is 179 Å². The van der Waals surface area contributed by atoms with E-state index < -0.39 is 0 Å². The van der Waals surface area contributed by atoms with Gasteiger partial charge in [0.1, 0.15) is 0 Å². The van der Waals surface area contributed by atoms with Crippen LogP contribution in [0.4, 0.5) is 5.69 Å². The molecule has 0 fully saturated rings. The first-order valence-electron chi connectivity index (χ1n) is 10.2. The molecule has 5 aromatic rings. The van der Waals surface area contributed by atoms with Gasteiger partial charge in [0, 0.05) is 51.7 Å². The molecule has 154 valence electrons. The predicted molar refractivity (Wildman–Crippen MR) is 123 cm³/mol. The summed E-state index contributed by atoms with van der Waals surface area (Å²) in [6.07, 6.45) is 1.99. The number of benzene rings is 2. The lowest BCUT2D eigenvalue weighted by Gasteiger charge is -2.09. The van der Waals surface area contributed by atoms with E-state index in [9.17, 15) is 10.1 Å². The number of aromatic nitrogens is 3. The largest absolute Gasteiger partial charge is 0.317 e. The van der Waals surface area contributed by atoms with Crippen molar-refractivity contribution in [2.75, 3.05) is 0 Å². The lowest BCUT2D eigenvalue weighted by atomic mass is 10.1. The third-order valence-electron chi connectivity index (χ3n) is 6.02. The van der Waals surface area contributed by atoms with Crippen molar-refractivity contribution < 1.29 is 4.92 Å². The molecule has 0 N–H and O–H groups in total. The molecule has 31 heavy (non-hydrogen) atoms. The highest BCUT2D eigenvalue weighted by Crippen LogP contribution is 2.35. The van der Waals surface area contributed by atoms with Crippen LogP contribution < -0.4 is 0 Å². The average Bonchev–Trinajstić information content (AvgIpc) is 3.28. The summed E-state index contributed by atoms with van der Waals surface area (Å²) in [6, 6.07) is 17.3. The van der Waals surface area contributed by atoms with Crippen LogP contribution in [0, 0.1) is 37.8 Å². The number of fused-ring (bicyclic) bond motifs is 3. The Kier molecular flexibility index (Phi) is 4.18. The third kappa shape index (κ3) is 2.91. The van der Waals surface area contributed by atoms with Crippen LogP contribution >= 0.6 is 0 Å². The van der Waals surface area contributed by atoms with Gasteiger partial charge in [-0.25, -0.2) is 4.52 Å². The van der Waals surface area contributed by atoms with Gasteiger partial charge in [-0.15, -0.1) is 0 Å². The molecule has 0 aliphatic rings. The minimum Gasteiger partial charge on any atom is -0.317 e. The highest BCUT2D eigenvalue weighted by molar-refractivity contribution is 6.02. The molecule has 0 spiro atoms. The zero-order valence-electron chi connectivity index (χ0n) is 17.9. The van der Waals surface area contributed by atoms with Gasteiger partial charge < -0.3 is 4.57 Å². The zero-order valence-corrected chi connectivity index (χ0v) is 17.9. The summed E-state index contributed by atoms with van der Waals surface area (Å²) in [4.78, 5) is 10.6. The van der Waals surface area contributed by atoms with E-state index >= 15 is 0 Å². The number of nitrogens with zero attached hydrogens (tertiary/aromatic N) is 4. The van der Waals surface area contributed by atoms with Crippen LogP contribution in [0.3, 0.4) is 0 Å². The summed E-state index contributed by atoms with van der Waals surface area (Å²) in [7, 11) is 0. The van der Waals surface area contributed by atoms with E-state index in [2.05, 4.69) is 55.7 Å². The molecule has 0 atom stereocenters. The Bertz CT molecular complexity index is 1470. The summed E-state index contributed by atoms with van der Waals surface area (Å²) in [6.45, 7) is 8.42. The molecule has 3 aromatic heterocycles. The molecule has 0 radical (unpaired) electrons. The van der Waals surface area contributed by atoms with Crippen molar-refractivity contribution in [3.63, 3.8) is 0 Å². The summed E-state index contributed by atoms with van der Waals surface area (Å²) in [5.74, 6) is 0. The lowest BCUT2D eigenvalue weighted by Crippen LogP contribution is -1.98. The molecule has 5 rings (SSSR count). The molecule has 0 saturated heterocycles. The molecule has 6 nitrogen and oxygen atoms in total. The second kappa shape index (κ2) is 6.80. The first kappa shape index (κ1) is 19.1. The van der Waals surface area contributed by atoms with Crippen LogP contribution in [0.15, 0.2) is 60.8 Å². The van der Waals surface area contributed by atoms with Crippen molar-refractivity contribution in [1.29, 1.82) is 0 Å². The van der Waals surface area contributed by atoms with Gasteiger partial charge in [-0.2, -0.15) is 5.10 Å². The van der Waals surface area contributed by atoms with Gasteiger partial charge in [0.2, 0.25) is 0 Å². The second-order valence-corrected chi connectivity index (χ2v) is 8.04. The number of aryl methyl sites for hydroxylation is 4. The van der Waals surface area contributed by atoms with E-state index in [1.165, 1.54) is 39.9 Å². The Morgan fingerprint density at radius 2 is 1.48 bits per heavy atom. The quantitative estimate of drug-likeness (QED) is 0.267. The first-order chi connectivity index (χ1) is 14.8. The van der Waals surface area contributed by atoms with Gasteiger partial charge in [-0.05, 0) is 63.6 Å². The fourth-order valence-corrected chi connectivity index (χ4v) is 4.54. The number of nitro groups is 1. The first-order valence-corrected chi connectivity index (χ1v) is 10.2. The number of hydrogen-bond acceptors (Lipinski definition) is 3. The Morgan fingerprint density at radius 1 is 0.839 bits per heavy atom. The van der Waals surface area contributed by atoms with E-state index in [0.717, 1.165) is 28.0 Å². The topological polar surface area (TPSA) is 65.4 Å². The van der Waals surface area contributed by atoms with E-state index in [0.29, 0.717) is 0 Å². The van der Waals surface area contributed by atoms with Gasteiger partial charge in [-0.1, -0.05) is 17.7 Å². The van der Waals surface area contributed by atoms with E-state index in [-0.39, 0.29) is 10.6 Å². The molecular formula is C25H22N4O2. The van der Waals surface area contributed by atoms with Crippen molar-refractivity contribution >= 4 is 22.0 Å². The monoisotopic (exact) mass is 410 g/mol. The van der Waals surface area contributed by atoms with Crippen LogP contribution in [0.25, 0.3) is 33.1 Å². The van der Waals surface area contributed by atoms with E-state index in [4.69, 9.17) is 5.10 Å². The van der Waals surface area contributed by atoms with Crippen molar-refractivity contribution in [2.45, 2.75) is 27.7 Å². The van der Waals surface area contributed by atoms with Crippen molar-refractivity contribution in [3.8, 4) is 16.8 Å². The number of nitro benzene ring substituents is 1. The Balaban J connectivity index is 1.75. The summed E-state index contributed by atoms with van der Waals surface area (Å²) in [5, 5.41) is 18.1. The molecular weight excluding hydrogens is 388 g/mol. The van der Waals surface area contributed by atoms with Crippen LogP contribution in [0.2, 0.25) is 0 Å². The number of rotatable bonds is 3. The summed E-state index contributed by atoms with van der Waals surface area (Å²) in [5.41, 5.74) is 8.70. The van der Waals surface area contributed by atoms with Crippen LogP contribution in [-0.4, -0.2) is 19.1 Å². The fourth-order valence-electron chi connectivity index (χ4n) is 4.54. The number of non-ortho nitro benzene ring substituents is 1. The highest BCUT2D eigenvalue weighted by Gasteiger charge is 2.19. The maximum Gasteiger partial charge on any atom is 0.269 e. The minimum atomic E-state index is -0.381. The molecule has 0 unspecified atom stereocenters. The van der Waals surface area contributed by atoms with E-state index in [1.54, 1.807) is 12.1 Å². The van der Waals surface area contributed by atoms with Gasteiger partial charge in [0.05, 0.1) is 16.1 Å². The van der Waals surface area contributed by atoms with Gasteiger partial charge in [0.15, 0.2) is 0 Å². The second-order valence-electron chi connectivity index (χ2n) is 8.04. The summed E-state index contributed by atoms with van der Waals surface area (Å²) >= 11 is 0. The average molecular weight is 410 g/mol. The van der Waals surface area contributed by atoms with Crippen LogP contribution in [0.1, 0.15) is 22.6 Å². The standard InChI is InChI=1S/C25H22N4O2/c1-15-5-9-21(10-6-15)28-17(3)24-16(2)26-27-14-20(13-23(27)25(24)18(28)4)19-7-11-22(12-8-19)29(30)31/h5-14H,1-4H3. The van der Waals surface area contributed by atoms with Crippen LogP contribution in [0.5, 0.6) is 0 Å². The van der Waals surface area contributed by atoms with Crippen molar-refractivity contribution in [2.24, 2.45) is 0 Å². The Hall–Kier alpha value is -3.93.